The number of nitrogens with one attached hydrogen (secondary N) is 1. The van der Waals surface area contributed by atoms with Crippen molar-refractivity contribution < 1.29 is 0 Å². The van der Waals surface area contributed by atoms with Gasteiger partial charge < -0.3 is 0 Å². The van der Waals surface area contributed by atoms with Crippen LogP contribution in [0.1, 0.15) is 63.3 Å². The first-order valence-electron chi connectivity index (χ1n) is 11.5. The highest BCUT2D eigenvalue weighted by Crippen LogP contribution is 2.29. The van der Waals surface area contributed by atoms with Gasteiger partial charge in [0.2, 0.25) is 5.82 Å². The first kappa shape index (κ1) is 21.8. The largest absolute Gasteiger partial charge is 0.259 e. The number of hydrogen-bond acceptors (Lipinski definition) is 6. The van der Waals surface area contributed by atoms with E-state index in [1.165, 1.54) is 12.8 Å². The van der Waals surface area contributed by atoms with E-state index < -0.39 is 0 Å². The first-order chi connectivity index (χ1) is 15.8. The lowest BCUT2D eigenvalue weighted by Crippen LogP contribution is -2.08. The van der Waals surface area contributed by atoms with Gasteiger partial charge in [-0.05, 0) is 29.7 Å². The number of aromatic amines is 1. The fourth-order valence-corrected chi connectivity index (χ4v) is 3.75. The Labute approximate surface area is 188 Å². The highest BCUT2D eigenvalue weighted by molar-refractivity contribution is 5.79. The molecule has 4 rings (SSSR count). The second kappa shape index (κ2) is 10.7. The Bertz CT molecular complexity index is 1100. The van der Waals surface area contributed by atoms with Gasteiger partial charge in [0.15, 0.2) is 5.82 Å². The quantitative estimate of drug-likeness (QED) is 0.348. The number of aryl methyl sites for hydroxylation is 2. The number of hydrogen-bond donors (Lipinski definition) is 1. The van der Waals surface area contributed by atoms with E-state index >= 15 is 0 Å². The van der Waals surface area contributed by atoms with Crippen LogP contribution in [-0.2, 0) is 19.4 Å². The molecule has 8 nitrogen and oxygen atoms in total. The third-order valence-corrected chi connectivity index (χ3v) is 5.51. The number of rotatable bonds is 11. The van der Waals surface area contributed by atoms with Crippen LogP contribution >= 0.6 is 0 Å². The van der Waals surface area contributed by atoms with Crippen molar-refractivity contribution in [3.63, 3.8) is 0 Å². The average molecular weight is 431 g/mol. The van der Waals surface area contributed by atoms with Crippen LogP contribution in [0.4, 0.5) is 0 Å². The van der Waals surface area contributed by atoms with E-state index in [1.54, 1.807) is 0 Å². The second-order valence-corrected chi connectivity index (χ2v) is 7.98. The van der Waals surface area contributed by atoms with Crippen molar-refractivity contribution in [1.82, 2.24) is 40.4 Å². The van der Waals surface area contributed by atoms with Crippen LogP contribution in [0.15, 0.2) is 42.6 Å². The maximum atomic E-state index is 4.82. The third kappa shape index (κ3) is 5.25. The molecule has 4 aromatic rings. The zero-order valence-electron chi connectivity index (χ0n) is 18.8. The molecule has 0 bridgehead atoms. The number of aromatic nitrogens is 8. The minimum Gasteiger partial charge on any atom is -0.259 e. The van der Waals surface area contributed by atoms with Gasteiger partial charge in [-0.3, -0.25) is 4.98 Å². The molecular formula is C24H30N8. The Morgan fingerprint density at radius 2 is 1.75 bits per heavy atom. The maximum Gasteiger partial charge on any atom is 0.205 e. The molecule has 0 aliphatic carbocycles. The normalized spacial score (nSPS) is 11.2. The van der Waals surface area contributed by atoms with Crippen LogP contribution in [0.3, 0.4) is 0 Å². The molecule has 32 heavy (non-hydrogen) atoms. The van der Waals surface area contributed by atoms with E-state index in [4.69, 9.17) is 15.1 Å². The summed E-state index contributed by atoms with van der Waals surface area (Å²) in [5, 5.41) is 19.2. The molecule has 3 aromatic heterocycles. The maximum absolute atomic E-state index is 4.82. The van der Waals surface area contributed by atoms with Crippen molar-refractivity contribution >= 4 is 0 Å². The predicted octanol–water partition coefficient (Wildman–Crippen LogP) is 4.64. The minimum absolute atomic E-state index is 0.573. The van der Waals surface area contributed by atoms with Crippen LogP contribution in [0.2, 0.25) is 0 Å². The number of tetrazole rings is 1. The molecule has 0 saturated carbocycles. The zero-order chi connectivity index (χ0) is 22.2. The highest BCUT2D eigenvalue weighted by atomic mass is 15.5. The monoisotopic (exact) mass is 430 g/mol. The van der Waals surface area contributed by atoms with E-state index in [0.717, 1.165) is 66.1 Å². The molecule has 0 unspecified atom stereocenters. The van der Waals surface area contributed by atoms with Gasteiger partial charge in [-0.1, -0.05) is 63.4 Å². The van der Waals surface area contributed by atoms with Crippen molar-refractivity contribution in [2.75, 3.05) is 0 Å². The van der Waals surface area contributed by atoms with Gasteiger partial charge in [0, 0.05) is 30.2 Å². The topological polar surface area (TPSA) is 98.1 Å². The molecule has 8 heteroatoms. The summed E-state index contributed by atoms with van der Waals surface area (Å²) >= 11 is 0. The lowest BCUT2D eigenvalue weighted by Gasteiger charge is -2.09. The van der Waals surface area contributed by atoms with Crippen LogP contribution in [0.25, 0.3) is 22.5 Å². The molecule has 0 spiro atoms. The minimum atomic E-state index is 0.573. The van der Waals surface area contributed by atoms with Crippen molar-refractivity contribution in [1.29, 1.82) is 0 Å². The molecular weight excluding hydrogens is 400 g/mol. The number of H-pyrrole nitrogens is 1. The molecule has 0 amide bonds. The summed E-state index contributed by atoms with van der Waals surface area (Å²) in [7, 11) is 0. The van der Waals surface area contributed by atoms with Gasteiger partial charge in [-0.15, -0.1) is 10.2 Å². The fourth-order valence-electron chi connectivity index (χ4n) is 3.75. The summed E-state index contributed by atoms with van der Waals surface area (Å²) in [5.41, 5.74) is 3.93. The van der Waals surface area contributed by atoms with Crippen molar-refractivity contribution in [2.45, 2.75) is 65.3 Å². The summed E-state index contributed by atoms with van der Waals surface area (Å²) in [4.78, 5) is 9.55. The zero-order valence-corrected chi connectivity index (χ0v) is 18.8. The summed E-state index contributed by atoms with van der Waals surface area (Å²) in [5.74, 6) is 2.59. The van der Waals surface area contributed by atoms with E-state index in [1.807, 2.05) is 35.1 Å². The van der Waals surface area contributed by atoms with Crippen LogP contribution in [0.5, 0.6) is 0 Å². The van der Waals surface area contributed by atoms with Crippen molar-refractivity contribution in [3.8, 4) is 22.5 Å². The van der Waals surface area contributed by atoms with Crippen LogP contribution < -0.4 is 0 Å². The molecule has 3 heterocycles. The molecule has 0 aliphatic heterocycles. The second-order valence-electron chi connectivity index (χ2n) is 7.98. The van der Waals surface area contributed by atoms with E-state index in [2.05, 4.69) is 46.6 Å². The van der Waals surface area contributed by atoms with Crippen LogP contribution in [0, 0.1) is 0 Å². The molecule has 166 valence electrons. The van der Waals surface area contributed by atoms with Gasteiger partial charge in [0.1, 0.15) is 5.82 Å². The molecule has 0 radical (unpaired) electrons. The Balaban J connectivity index is 1.54. The number of unbranched alkanes of at least 4 members (excludes halogenated alkanes) is 3. The summed E-state index contributed by atoms with van der Waals surface area (Å²) in [6.45, 7) is 5.05. The van der Waals surface area contributed by atoms with Gasteiger partial charge >= 0.3 is 0 Å². The van der Waals surface area contributed by atoms with E-state index in [0.29, 0.717) is 12.4 Å². The predicted molar refractivity (Wildman–Crippen MR) is 124 cm³/mol. The number of pyridine rings is 1. The molecule has 1 N–H and O–H groups in total. The van der Waals surface area contributed by atoms with Crippen molar-refractivity contribution in [3.05, 3.63) is 59.9 Å². The van der Waals surface area contributed by atoms with Gasteiger partial charge in [0.05, 0.1) is 12.2 Å². The fraction of sp³-hybridized carbons (Fsp3) is 0.417. The summed E-state index contributed by atoms with van der Waals surface area (Å²) < 4.78 is 2.04. The summed E-state index contributed by atoms with van der Waals surface area (Å²) in [6, 6.07) is 12.2. The number of benzene rings is 1. The third-order valence-electron chi connectivity index (χ3n) is 5.51. The standard InChI is InChI=1S/C24H30N8/c1-3-5-7-13-23-26-22(12-6-4-2)29-32(23)17-19-15-14-18(16-25-19)20-10-8-9-11-21(20)24-27-30-31-28-24/h8-11,14-16H,3-7,12-13,17H2,1-2H3,(H,27,28,30,31). The van der Waals surface area contributed by atoms with Crippen LogP contribution in [-0.4, -0.2) is 40.4 Å². The Morgan fingerprint density at radius 1 is 0.906 bits per heavy atom. The molecule has 1 aromatic carbocycles. The number of nitrogens with zero attached hydrogens (tertiary/aromatic N) is 7. The smallest absolute Gasteiger partial charge is 0.205 e. The van der Waals surface area contributed by atoms with Crippen molar-refractivity contribution in [2.24, 2.45) is 0 Å². The van der Waals surface area contributed by atoms with Gasteiger partial charge in [-0.2, -0.15) is 10.3 Å². The Hall–Kier alpha value is -3.42. The van der Waals surface area contributed by atoms with E-state index in [9.17, 15) is 0 Å². The molecule has 0 aliphatic rings. The molecule has 0 fully saturated rings. The lowest BCUT2D eigenvalue weighted by molar-refractivity contribution is 0.596. The Kier molecular flexibility index (Phi) is 7.32. The Morgan fingerprint density at radius 3 is 2.47 bits per heavy atom. The average Bonchev–Trinajstić information content (AvgIpc) is 3.49. The lowest BCUT2D eigenvalue weighted by atomic mass is 10.0. The van der Waals surface area contributed by atoms with E-state index in [-0.39, 0.29) is 0 Å². The first-order valence-corrected chi connectivity index (χ1v) is 11.5. The molecule has 0 atom stereocenters. The van der Waals surface area contributed by atoms with Gasteiger partial charge in [0.25, 0.3) is 0 Å². The SMILES string of the molecule is CCCCCc1nc(CCCC)nn1Cc1ccc(-c2ccccc2-c2nn[nH]n2)cn1. The summed E-state index contributed by atoms with van der Waals surface area (Å²) in [6.07, 6.45) is 9.61. The van der Waals surface area contributed by atoms with Gasteiger partial charge in [-0.25, -0.2) is 9.67 Å². The highest BCUT2D eigenvalue weighted by Gasteiger charge is 2.13. The molecule has 0 saturated heterocycles.